The van der Waals surface area contributed by atoms with E-state index in [4.69, 9.17) is 0 Å². The number of hydrogen-bond donors (Lipinski definition) is 2. The zero-order chi connectivity index (χ0) is 14.4. The number of nitrogens with one attached hydrogen (secondary N) is 2. The lowest BCUT2D eigenvalue weighted by atomic mass is 9.86. The molecule has 19 heavy (non-hydrogen) atoms. The number of benzene rings is 1. The molecule has 104 valence electrons. The van der Waals surface area contributed by atoms with Gasteiger partial charge in [-0.1, -0.05) is 0 Å². The van der Waals surface area contributed by atoms with E-state index in [9.17, 15) is 13.2 Å². The lowest BCUT2D eigenvalue weighted by Gasteiger charge is -2.17. The summed E-state index contributed by atoms with van der Waals surface area (Å²) in [6.45, 7) is 3.61. The Balaban J connectivity index is 2.39. The first-order valence-electron chi connectivity index (χ1n) is 5.81. The molecule has 6 nitrogen and oxygen atoms in total. The summed E-state index contributed by atoms with van der Waals surface area (Å²) >= 11 is 0. The smallest absolute Gasteiger partial charge is 0.301 e. The maximum Gasteiger partial charge on any atom is 0.301 e. The molecule has 1 heterocycles. The molecule has 0 atom stereocenters. The van der Waals surface area contributed by atoms with Crippen LogP contribution in [0.4, 0.5) is 11.4 Å². The summed E-state index contributed by atoms with van der Waals surface area (Å²) in [4.78, 5) is 11.8. The fraction of sp³-hybridized carbons (Fsp3) is 0.417. The molecule has 0 aliphatic carbocycles. The van der Waals surface area contributed by atoms with E-state index in [1.165, 1.54) is 14.1 Å². The third-order valence-electron chi connectivity index (χ3n) is 3.24. The fourth-order valence-electron chi connectivity index (χ4n) is 1.87. The summed E-state index contributed by atoms with van der Waals surface area (Å²) in [7, 11) is -0.643. The number of fused-ring (bicyclic) bond motifs is 1. The SMILES string of the molecule is CN(C)S(=O)(=O)Nc1ccc2c(c1)C(C)(C)C(=O)N2. The van der Waals surface area contributed by atoms with Gasteiger partial charge in [0.25, 0.3) is 0 Å². The van der Waals surface area contributed by atoms with Crippen molar-refractivity contribution in [2.75, 3.05) is 24.1 Å². The first-order chi connectivity index (χ1) is 8.64. The van der Waals surface area contributed by atoms with Crippen LogP contribution in [-0.4, -0.2) is 32.7 Å². The standard InChI is InChI=1S/C12H17N3O3S/c1-12(2)9-7-8(14-19(17,18)15(3)4)5-6-10(9)13-11(12)16/h5-7,14H,1-4H3,(H,13,16). The van der Waals surface area contributed by atoms with Crippen molar-refractivity contribution in [1.82, 2.24) is 4.31 Å². The second-order valence-corrected chi connectivity index (χ2v) is 7.11. The summed E-state index contributed by atoms with van der Waals surface area (Å²) in [5.74, 6) is -0.0879. The molecule has 1 aliphatic heterocycles. The van der Waals surface area contributed by atoms with Crippen LogP contribution in [0.3, 0.4) is 0 Å². The molecule has 1 aromatic rings. The summed E-state index contributed by atoms with van der Waals surface area (Å²) < 4.78 is 27.1. The molecule has 0 radical (unpaired) electrons. The number of rotatable bonds is 3. The van der Waals surface area contributed by atoms with Gasteiger partial charge in [-0.25, -0.2) is 0 Å². The largest absolute Gasteiger partial charge is 0.325 e. The van der Waals surface area contributed by atoms with Crippen molar-refractivity contribution in [1.29, 1.82) is 0 Å². The highest BCUT2D eigenvalue weighted by molar-refractivity contribution is 7.90. The van der Waals surface area contributed by atoms with E-state index in [0.29, 0.717) is 5.69 Å². The summed E-state index contributed by atoms with van der Waals surface area (Å²) in [6.07, 6.45) is 0. The highest BCUT2D eigenvalue weighted by Gasteiger charge is 2.38. The van der Waals surface area contributed by atoms with Gasteiger partial charge in [0, 0.05) is 19.8 Å². The van der Waals surface area contributed by atoms with Gasteiger partial charge in [0.1, 0.15) is 0 Å². The Morgan fingerprint density at radius 1 is 1.26 bits per heavy atom. The topological polar surface area (TPSA) is 78.5 Å². The minimum absolute atomic E-state index is 0.0879. The van der Waals surface area contributed by atoms with Gasteiger partial charge in [0.05, 0.1) is 11.1 Å². The average molecular weight is 283 g/mol. The van der Waals surface area contributed by atoms with Gasteiger partial charge in [0.15, 0.2) is 0 Å². The monoisotopic (exact) mass is 283 g/mol. The Bertz CT molecular complexity index is 636. The van der Waals surface area contributed by atoms with Crippen LogP contribution in [-0.2, 0) is 20.4 Å². The van der Waals surface area contributed by atoms with Crippen molar-refractivity contribution in [3.8, 4) is 0 Å². The Hall–Kier alpha value is -1.60. The quantitative estimate of drug-likeness (QED) is 0.873. The number of carbonyl (C=O) groups excluding carboxylic acids is 1. The molecule has 0 bridgehead atoms. The molecular weight excluding hydrogens is 266 g/mol. The van der Waals surface area contributed by atoms with Crippen LogP contribution >= 0.6 is 0 Å². The molecule has 1 amide bonds. The van der Waals surface area contributed by atoms with E-state index in [0.717, 1.165) is 15.6 Å². The number of nitrogens with zero attached hydrogens (tertiary/aromatic N) is 1. The molecule has 1 aromatic carbocycles. The van der Waals surface area contributed by atoms with Crippen LogP contribution in [0, 0.1) is 0 Å². The lowest BCUT2D eigenvalue weighted by Crippen LogP contribution is -2.29. The number of amides is 1. The van der Waals surface area contributed by atoms with Crippen molar-refractivity contribution in [3.05, 3.63) is 23.8 Å². The summed E-state index contributed by atoms with van der Waals surface area (Å²) in [5, 5.41) is 2.77. The molecule has 1 aliphatic rings. The molecule has 0 saturated heterocycles. The van der Waals surface area contributed by atoms with Crippen molar-refractivity contribution in [2.24, 2.45) is 0 Å². The Morgan fingerprint density at radius 2 is 1.89 bits per heavy atom. The van der Waals surface area contributed by atoms with Gasteiger partial charge < -0.3 is 5.32 Å². The van der Waals surface area contributed by atoms with E-state index in [-0.39, 0.29) is 5.91 Å². The van der Waals surface area contributed by atoms with Crippen LogP contribution in [0.5, 0.6) is 0 Å². The van der Waals surface area contributed by atoms with E-state index in [1.54, 1.807) is 32.0 Å². The van der Waals surface area contributed by atoms with Crippen LogP contribution < -0.4 is 10.0 Å². The Morgan fingerprint density at radius 3 is 2.47 bits per heavy atom. The van der Waals surface area contributed by atoms with E-state index in [2.05, 4.69) is 10.0 Å². The minimum Gasteiger partial charge on any atom is -0.325 e. The molecule has 7 heteroatoms. The van der Waals surface area contributed by atoms with Gasteiger partial charge in [-0.2, -0.15) is 12.7 Å². The van der Waals surface area contributed by atoms with Crippen molar-refractivity contribution in [3.63, 3.8) is 0 Å². The van der Waals surface area contributed by atoms with Gasteiger partial charge in [-0.3, -0.25) is 9.52 Å². The number of carbonyl (C=O) groups is 1. The molecule has 0 spiro atoms. The molecular formula is C12H17N3O3S. The summed E-state index contributed by atoms with van der Waals surface area (Å²) in [6, 6.07) is 5.02. The van der Waals surface area contributed by atoms with Gasteiger partial charge in [-0.05, 0) is 37.6 Å². The molecule has 0 saturated carbocycles. The molecule has 0 aromatic heterocycles. The van der Waals surface area contributed by atoms with Crippen LogP contribution in [0.2, 0.25) is 0 Å². The Kier molecular flexibility index (Phi) is 3.06. The number of anilines is 2. The third-order valence-corrected chi connectivity index (χ3v) is 4.69. The first kappa shape index (κ1) is 13.8. The van der Waals surface area contributed by atoms with Crippen molar-refractivity contribution in [2.45, 2.75) is 19.3 Å². The summed E-state index contributed by atoms with van der Waals surface area (Å²) in [5.41, 5.74) is 1.30. The predicted octanol–water partition coefficient (Wildman–Crippen LogP) is 1.13. The third kappa shape index (κ3) is 2.31. The molecule has 2 rings (SSSR count). The van der Waals surface area contributed by atoms with Crippen LogP contribution in [0.1, 0.15) is 19.4 Å². The van der Waals surface area contributed by atoms with E-state index >= 15 is 0 Å². The Labute approximate surface area is 113 Å². The highest BCUT2D eigenvalue weighted by atomic mass is 32.2. The van der Waals surface area contributed by atoms with Crippen molar-refractivity contribution < 1.29 is 13.2 Å². The van der Waals surface area contributed by atoms with Gasteiger partial charge in [0.2, 0.25) is 5.91 Å². The highest BCUT2D eigenvalue weighted by Crippen LogP contribution is 2.38. The normalized spacial score (nSPS) is 17.2. The average Bonchev–Trinajstić information content (AvgIpc) is 2.50. The van der Waals surface area contributed by atoms with Crippen LogP contribution in [0.15, 0.2) is 18.2 Å². The van der Waals surface area contributed by atoms with Crippen LogP contribution in [0.25, 0.3) is 0 Å². The molecule has 0 unspecified atom stereocenters. The van der Waals surface area contributed by atoms with E-state index < -0.39 is 15.6 Å². The zero-order valence-corrected chi connectivity index (χ0v) is 12.1. The predicted molar refractivity (Wildman–Crippen MR) is 74.3 cm³/mol. The van der Waals surface area contributed by atoms with E-state index in [1.807, 2.05) is 0 Å². The zero-order valence-electron chi connectivity index (χ0n) is 11.3. The first-order valence-corrected chi connectivity index (χ1v) is 7.25. The second-order valence-electron chi connectivity index (χ2n) is 5.23. The second kappa shape index (κ2) is 4.21. The molecule has 0 fully saturated rings. The van der Waals surface area contributed by atoms with Crippen molar-refractivity contribution >= 4 is 27.5 Å². The lowest BCUT2D eigenvalue weighted by molar-refractivity contribution is -0.119. The van der Waals surface area contributed by atoms with Gasteiger partial charge in [-0.15, -0.1) is 0 Å². The maximum atomic E-state index is 11.8. The minimum atomic E-state index is -3.54. The maximum absolute atomic E-state index is 11.8. The number of hydrogen-bond acceptors (Lipinski definition) is 3. The molecule has 2 N–H and O–H groups in total. The fourth-order valence-corrected chi connectivity index (χ4v) is 2.48. The van der Waals surface area contributed by atoms with Gasteiger partial charge >= 0.3 is 10.2 Å².